The Labute approximate surface area is 144 Å². The summed E-state index contributed by atoms with van der Waals surface area (Å²) in [5, 5.41) is 4.07. The maximum Gasteiger partial charge on any atom is 0.263 e. The molecule has 1 N–H and O–H groups in total. The van der Waals surface area contributed by atoms with Gasteiger partial charge in [0.25, 0.3) is 5.91 Å². The summed E-state index contributed by atoms with van der Waals surface area (Å²) in [6, 6.07) is 4.21. The van der Waals surface area contributed by atoms with Gasteiger partial charge in [0.15, 0.2) is 0 Å². The summed E-state index contributed by atoms with van der Waals surface area (Å²) < 4.78 is 19.1. The molecule has 1 aromatic heterocycles. The van der Waals surface area contributed by atoms with Crippen LogP contribution in [0.25, 0.3) is 0 Å². The second-order valence-corrected chi connectivity index (χ2v) is 7.60. The first-order valence-corrected chi connectivity index (χ1v) is 9.11. The van der Waals surface area contributed by atoms with E-state index < -0.39 is 0 Å². The molecule has 126 valence electrons. The molecule has 0 bridgehead atoms. The average molecular weight is 346 g/mol. The Balaban J connectivity index is 1.52. The molecule has 24 heavy (non-hydrogen) atoms. The van der Waals surface area contributed by atoms with Crippen LogP contribution in [-0.2, 0) is 6.42 Å². The van der Waals surface area contributed by atoms with Gasteiger partial charge in [-0.15, -0.1) is 11.3 Å². The van der Waals surface area contributed by atoms with Gasteiger partial charge in [-0.2, -0.15) is 0 Å². The lowest BCUT2D eigenvalue weighted by Gasteiger charge is -2.26. The van der Waals surface area contributed by atoms with Crippen molar-refractivity contribution in [1.29, 1.82) is 0 Å². The number of nitrogens with one attached hydrogen (secondary N) is 1. The summed E-state index contributed by atoms with van der Waals surface area (Å²) in [5.74, 6) is 0.938. The van der Waals surface area contributed by atoms with Gasteiger partial charge in [0.1, 0.15) is 16.4 Å². The lowest BCUT2D eigenvalue weighted by Crippen LogP contribution is -2.32. The second kappa shape index (κ2) is 6.16. The van der Waals surface area contributed by atoms with Crippen LogP contribution in [0.4, 0.5) is 4.39 Å². The molecule has 1 saturated carbocycles. The van der Waals surface area contributed by atoms with E-state index in [1.807, 2.05) is 6.92 Å². The zero-order valence-corrected chi connectivity index (χ0v) is 14.3. The summed E-state index contributed by atoms with van der Waals surface area (Å²) in [5.41, 5.74) is 1.48. The molecular weight excluding hydrogens is 327 g/mol. The molecule has 1 unspecified atom stereocenters. The van der Waals surface area contributed by atoms with Gasteiger partial charge >= 0.3 is 0 Å². The Hall–Kier alpha value is -1.95. The fourth-order valence-electron chi connectivity index (χ4n) is 3.06. The first kappa shape index (κ1) is 15.6. The molecule has 1 atom stereocenters. The molecular formula is C18H19FN2O2S. The van der Waals surface area contributed by atoms with E-state index in [-0.39, 0.29) is 17.8 Å². The molecule has 1 aromatic carbocycles. The highest BCUT2D eigenvalue weighted by molar-refractivity contribution is 7.13. The molecule has 2 aliphatic rings. The van der Waals surface area contributed by atoms with Crippen LogP contribution in [-0.4, -0.2) is 17.5 Å². The maximum atomic E-state index is 13.5. The molecule has 1 aliphatic carbocycles. The first-order chi connectivity index (χ1) is 11.6. The molecule has 2 heterocycles. The number of aromatic nitrogens is 1. The normalized spacial score (nSPS) is 19.5. The number of aryl methyl sites for hydroxylation is 1. The quantitative estimate of drug-likeness (QED) is 0.916. The molecule has 1 fully saturated rings. The Morgan fingerprint density at radius 3 is 3.04 bits per heavy atom. The minimum atomic E-state index is -0.320. The number of hydrogen-bond acceptors (Lipinski definition) is 4. The SMILES string of the molecule is Cc1nc(CC2CC2)sc1C(=O)NC1CCOc2ccc(F)cc21. The third-order valence-corrected chi connectivity index (χ3v) is 5.70. The zero-order chi connectivity index (χ0) is 16.7. The first-order valence-electron chi connectivity index (χ1n) is 8.29. The van der Waals surface area contributed by atoms with Gasteiger partial charge in [-0.1, -0.05) is 0 Å². The van der Waals surface area contributed by atoms with Crippen molar-refractivity contribution < 1.29 is 13.9 Å². The fourth-order valence-corrected chi connectivity index (χ4v) is 4.14. The summed E-state index contributed by atoms with van der Waals surface area (Å²) in [7, 11) is 0. The summed E-state index contributed by atoms with van der Waals surface area (Å²) in [6.45, 7) is 2.39. The third kappa shape index (κ3) is 3.15. The van der Waals surface area contributed by atoms with E-state index in [1.165, 1.54) is 36.3 Å². The predicted molar refractivity (Wildman–Crippen MR) is 90.0 cm³/mol. The summed E-state index contributed by atoms with van der Waals surface area (Å²) in [4.78, 5) is 17.9. The number of rotatable bonds is 4. The number of thiazole rings is 1. The summed E-state index contributed by atoms with van der Waals surface area (Å²) in [6.07, 6.45) is 4.15. The number of carbonyl (C=O) groups is 1. The lowest BCUT2D eigenvalue weighted by atomic mass is 10.0. The highest BCUT2D eigenvalue weighted by Crippen LogP contribution is 2.35. The van der Waals surface area contributed by atoms with Crippen LogP contribution < -0.4 is 10.1 Å². The van der Waals surface area contributed by atoms with Crippen LogP contribution in [0.5, 0.6) is 5.75 Å². The molecule has 4 rings (SSSR count). The Morgan fingerprint density at radius 1 is 1.42 bits per heavy atom. The number of nitrogens with zero attached hydrogens (tertiary/aromatic N) is 1. The van der Waals surface area contributed by atoms with E-state index in [1.54, 1.807) is 6.07 Å². The van der Waals surface area contributed by atoms with Gasteiger partial charge in [-0.3, -0.25) is 4.79 Å². The van der Waals surface area contributed by atoms with E-state index in [2.05, 4.69) is 10.3 Å². The highest BCUT2D eigenvalue weighted by atomic mass is 32.1. The maximum absolute atomic E-state index is 13.5. The minimum absolute atomic E-state index is 0.130. The van der Waals surface area contributed by atoms with Crippen molar-refractivity contribution >= 4 is 17.2 Å². The molecule has 4 nitrogen and oxygen atoms in total. The zero-order valence-electron chi connectivity index (χ0n) is 13.5. The Bertz CT molecular complexity index is 785. The number of halogens is 1. The van der Waals surface area contributed by atoms with Gasteiger partial charge in [0.05, 0.1) is 23.4 Å². The lowest BCUT2D eigenvalue weighted by molar-refractivity contribution is 0.0928. The molecule has 1 aliphatic heterocycles. The number of fused-ring (bicyclic) bond motifs is 1. The Kier molecular flexibility index (Phi) is 4.00. The minimum Gasteiger partial charge on any atom is -0.493 e. The van der Waals surface area contributed by atoms with E-state index in [4.69, 9.17) is 4.74 Å². The van der Waals surface area contributed by atoms with Crippen LogP contribution in [0.1, 0.15) is 51.2 Å². The van der Waals surface area contributed by atoms with Gasteiger partial charge in [-0.25, -0.2) is 9.37 Å². The number of benzene rings is 1. The number of carbonyl (C=O) groups excluding carboxylic acids is 1. The van der Waals surface area contributed by atoms with Crippen molar-refractivity contribution in [2.75, 3.05) is 6.61 Å². The van der Waals surface area contributed by atoms with Crippen molar-refractivity contribution in [3.63, 3.8) is 0 Å². The Morgan fingerprint density at radius 2 is 2.25 bits per heavy atom. The van der Waals surface area contributed by atoms with Crippen LogP contribution in [0.3, 0.4) is 0 Å². The summed E-state index contributed by atoms with van der Waals surface area (Å²) >= 11 is 1.48. The standard InChI is InChI=1S/C18H19FN2O2S/c1-10-17(24-16(20-10)8-11-2-3-11)18(22)21-14-6-7-23-15-5-4-12(19)9-13(14)15/h4-5,9,11,14H,2-3,6-8H2,1H3,(H,21,22). The van der Waals surface area contributed by atoms with Gasteiger partial charge in [0, 0.05) is 18.4 Å². The smallest absolute Gasteiger partial charge is 0.263 e. The molecule has 0 saturated heterocycles. The molecule has 0 radical (unpaired) electrons. The van der Waals surface area contributed by atoms with Gasteiger partial charge in [-0.05, 0) is 43.9 Å². The number of amides is 1. The predicted octanol–water partition coefficient (Wildman–Crippen LogP) is 3.80. The third-order valence-electron chi connectivity index (χ3n) is 4.52. The molecule has 2 aromatic rings. The van der Waals surface area contributed by atoms with Crippen molar-refractivity contribution in [2.45, 2.75) is 38.6 Å². The monoisotopic (exact) mass is 346 g/mol. The van der Waals surface area contributed by atoms with E-state index in [9.17, 15) is 9.18 Å². The fraction of sp³-hybridized carbons (Fsp3) is 0.444. The molecule has 6 heteroatoms. The van der Waals surface area contributed by atoms with Crippen molar-refractivity contribution in [2.24, 2.45) is 5.92 Å². The van der Waals surface area contributed by atoms with Gasteiger partial charge in [0.2, 0.25) is 0 Å². The van der Waals surface area contributed by atoms with E-state index >= 15 is 0 Å². The number of ether oxygens (including phenoxy) is 1. The average Bonchev–Trinajstić information content (AvgIpc) is 3.29. The molecule has 0 spiro atoms. The second-order valence-electron chi connectivity index (χ2n) is 6.51. The van der Waals surface area contributed by atoms with E-state index in [0.717, 1.165) is 23.0 Å². The van der Waals surface area contributed by atoms with Crippen LogP contribution in [0.15, 0.2) is 18.2 Å². The number of hydrogen-bond donors (Lipinski definition) is 1. The van der Waals surface area contributed by atoms with Gasteiger partial charge < -0.3 is 10.1 Å². The van der Waals surface area contributed by atoms with Crippen molar-refractivity contribution in [3.8, 4) is 5.75 Å². The van der Waals surface area contributed by atoms with Crippen molar-refractivity contribution in [1.82, 2.24) is 10.3 Å². The molecule has 1 amide bonds. The van der Waals surface area contributed by atoms with Crippen LogP contribution in [0, 0.1) is 18.7 Å². The van der Waals surface area contributed by atoms with Crippen molar-refractivity contribution in [3.05, 3.63) is 45.2 Å². The topological polar surface area (TPSA) is 51.2 Å². The largest absolute Gasteiger partial charge is 0.493 e. The van der Waals surface area contributed by atoms with Crippen LogP contribution in [0.2, 0.25) is 0 Å². The van der Waals surface area contributed by atoms with Crippen LogP contribution >= 0.6 is 11.3 Å². The van der Waals surface area contributed by atoms with E-state index in [0.29, 0.717) is 29.2 Å². The highest BCUT2D eigenvalue weighted by Gasteiger charge is 2.27.